The first-order valence-electron chi connectivity index (χ1n) is 15.1. The first-order valence-corrected chi connectivity index (χ1v) is 17.7. The number of hydrogen-bond acceptors (Lipinski definition) is 4. The van der Waals surface area contributed by atoms with E-state index in [1.165, 1.54) is 10.6 Å². The number of anilines is 1. The van der Waals surface area contributed by atoms with E-state index in [9.17, 15) is 18.0 Å². The van der Waals surface area contributed by atoms with Crippen molar-refractivity contribution >= 4 is 43.5 Å². The molecule has 1 fully saturated rings. The Bertz CT molecular complexity index is 1440. The number of hydrogen-bond donors (Lipinski definition) is 1. The summed E-state index contributed by atoms with van der Waals surface area (Å²) in [6.07, 6.45) is 6.95. The molecule has 3 aromatic rings. The predicted octanol–water partition coefficient (Wildman–Crippen LogP) is 6.26. The maximum Gasteiger partial charge on any atom is 0.243 e. The Hall–Kier alpha value is -3.17. The van der Waals surface area contributed by atoms with Crippen LogP contribution in [0.1, 0.15) is 62.1 Å². The van der Waals surface area contributed by atoms with Crippen molar-refractivity contribution in [2.45, 2.75) is 76.9 Å². The van der Waals surface area contributed by atoms with Gasteiger partial charge in [0.1, 0.15) is 6.04 Å². The molecule has 2 amide bonds. The van der Waals surface area contributed by atoms with E-state index in [0.717, 1.165) is 53.3 Å². The van der Waals surface area contributed by atoms with Gasteiger partial charge in [0.25, 0.3) is 0 Å². The van der Waals surface area contributed by atoms with Crippen LogP contribution >= 0.6 is 15.9 Å². The number of carbonyl (C=O) groups is 2. The topological polar surface area (TPSA) is 86.8 Å². The summed E-state index contributed by atoms with van der Waals surface area (Å²) in [4.78, 5) is 29.5. The fourth-order valence-electron chi connectivity index (χ4n) is 5.61. The molecule has 1 aliphatic rings. The van der Waals surface area contributed by atoms with E-state index in [1.807, 2.05) is 85.8 Å². The number of carbonyl (C=O) groups excluding carboxylic acids is 2. The lowest BCUT2D eigenvalue weighted by molar-refractivity contribution is -0.141. The normalized spacial score (nSPS) is 14.3. The quantitative estimate of drug-likeness (QED) is 0.220. The molecule has 0 heterocycles. The molecule has 230 valence electrons. The Morgan fingerprint density at radius 2 is 1.53 bits per heavy atom. The summed E-state index contributed by atoms with van der Waals surface area (Å²) in [5.41, 5.74) is 3.59. The molecule has 1 atom stereocenters. The van der Waals surface area contributed by atoms with E-state index < -0.39 is 16.1 Å². The largest absolute Gasteiger partial charge is 0.352 e. The standard InChI is InChI=1S/C34H42BrN3O4S/c1-3-26-17-21-31(22-18-26)38(43(2,41)42)23-9-14-33(39)37(25-28-15-19-29(35)20-16-28)32(24-27-10-5-4-6-11-27)34(40)36-30-12-7-8-13-30/h4-6,10-11,15-22,30,32H,3,7-9,12-14,23-25H2,1-2H3,(H,36,40). The highest BCUT2D eigenvalue weighted by molar-refractivity contribution is 9.10. The van der Waals surface area contributed by atoms with Crippen LogP contribution in [0.3, 0.4) is 0 Å². The van der Waals surface area contributed by atoms with Crippen molar-refractivity contribution in [1.82, 2.24) is 10.2 Å². The van der Waals surface area contributed by atoms with Gasteiger partial charge in [-0.3, -0.25) is 13.9 Å². The SMILES string of the molecule is CCc1ccc(N(CCCC(=O)N(Cc2ccc(Br)cc2)C(Cc2ccccc2)C(=O)NC2CCCC2)S(C)(=O)=O)cc1. The molecular formula is C34H42BrN3O4S. The summed E-state index contributed by atoms with van der Waals surface area (Å²) in [5, 5.41) is 3.23. The Kier molecular flexibility index (Phi) is 11.8. The highest BCUT2D eigenvalue weighted by Gasteiger charge is 2.32. The summed E-state index contributed by atoms with van der Waals surface area (Å²) in [6, 6.07) is 24.4. The minimum absolute atomic E-state index is 0.109. The number of sulfonamides is 1. The first-order chi connectivity index (χ1) is 20.6. The highest BCUT2D eigenvalue weighted by Crippen LogP contribution is 2.23. The van der Waals surface area contributed by atoms with E-state index in [-0.39, 0.29) is 37.4 Å². The minimum Gasteiger partial charge on any atom is -0.352 e. The number of nitrogens with one attached hydrogen (secondary N) is 1. The van der Waals surface area contributed by atoms with E-state index in [0.29, 0.717) is 18.5 Å². The third-order valence-corrected chi connectivity index (χ3v) is 9.75. The summed E-state index contributed by atoms with van der Waals surface area (Å²) >= 11 is 3.48. The van der Waals surface area contributed by atoms with Crippen LogP contribution in [0.5, 0.6) is 0 Å². The lowest BCUT2D eigenvalue weighted by Gasteiger charge is -2.33. The van der Waals surface area contributed by atoms with Crippen molar-refractivity contribution < 1.29 is 18.0 Å². The summed E-state index contributed by atoms with van der Waals surface area (Å²) in [6.45, 7) is 2.49. The number of halogens is 1. The Morgan fingerprint density at radius 1 is 0.907 bits per heavy atom. The van der Waals surface area contributed by atoms with Gasteiger partial charge in [-0.15, -0.1) is 0 Å². The molecule has 9 heteroatoms. The molecule has 0 radical (unpaired) electrons. The molecule has 7 nitrogen and oxygen atoms in total. The molecule has 0 spiro atoms. The van der Waals surface area contributed by atoms with Crippen LogP contribution in [0.25, 0.3) is 0 Å². The second kappa shape index (κ2) is 15.5. The van der Waals surface area contributed by atoms with Gasteiger partial charge in [-0.05, 0) is 66.6 Å². The van der Waals surface area contributed by atoms with Gasteiger partial charge in [0.15, 0.2) is 0 Å². The molecule has 0 bridgehead atoms. The number of rotatable bonds is 14. The molecule has 0 aromatic heterocycles. The molecule has 1 unspecified atom stereocenters. The van der Waals surface area contributed by atoms with Crippen molar-refractivity contribution in [3.8, 4) is 0 Å². The van der Waals surface area contributed by atoms with Crippen LogP contribution < -0.4 is 9.62 Å². The van der Waals surface area contributed by atoms with Crippen LogP contribution in [0.2, 0.25) is 0 Å². The van der Waals surface area contributed by atoms with Gasteiger partial charge in [-0.1, -0.05) is 90.3 Å². The molecule has 43 heavy (non-hydrogen) atoms. The third kappa shape index (κ3) is 9.66. The van der Waals surface area contributed by atoms with Gasteiger partial charge in [0, 0.05) is 36.4 Å². The van der Waals surface area contributed by atoms with E-state index in [4.69, 9.17) is 0 Å². The highest BCUT2D eigenvalue weighted by atomic mass is 79.9. The monoisotopic (exact) mass is 667 g/mol. The van der Waals surface area contributed by atoms with Crippen LogP contribution in [0.15, 0.2) is 83.3 Å². The molecule has 1 aliphatic carbocycles. The molecular weight excluding hydrogens is 626 g/mol. The van der Waals surface area contributed by atoms with Crippen molar-refractivity contribution in [3.63, 3.8) is 0 Å². The fourth-order valence-corrected chi connectivity index (χ4v) is 6.84. The second-order valence-corrected chi connectivity index (χ2v) is 14.1. The van der Waals surface area contributed by atoms with Gasteiger partial charge >= 0.3 is 0 Å². The van der Waals surface area contributed by atoms with Gasteiger partial charge in [0.2, 0.25) is 21.8 Å². The van der Waals surface area contributed by atoms with Gasteiger partial charge in [-0.25, -0.2) is 8.42 Å². The van der Waals surface area contributed by atoms with E-state index in [1.54, 1.807) is 4.90 Å². The Morgan fingerprint density at radius 3 is 2.14 bits per heavy atom. The number of nitrogens with zero attached hydrogens (tertiary/aromatic N) is 2. The van der Waals surface area contributed by atoms with Crippen molar-refractivity contribution in [1.29, 1.82) is 0 Å². The van der Waals surface area contributed by atoms with Crippen molar-refractivity contribution in [3.05, 3.63) is 100 Å². The number of benzene rings is 3. The van der Waals surface area contributed by atoms with Gasteiger partial charge in [-0.2, -0.15) is 0 Å². The average Bonchev–Trinajstić information content (AvgIpc) is 3.51. The van der Waals surface area contributed by atoms with E-state index in [2.05, 4.69) is 21.2 Å². The van der Waals surface area contributed by atoms with Crippen molar-refractivity contribution in [2.75, 3.05) is 17.1 Å². The van der Waals surface area contributed by atoms with Crippen LogP contribution in [0.4, 0.5) is 5.69 Å². The Balaban J connectivity index is 1.57. The fraction of sp³-hybridized carbons (Fsp3) is 0.412. The molecule has 4 rings (SSSR count). The molecule has 0 saturated heterocycles. The summed E-state index contributed by atoms with van der Waals surface area (Å²) in [5.74, 6) is -0.324. The zero-order valence-electron chi connectivity index (χ0n) is 25.0. The number of amides is 2. The molecule has 0 aliphatic heterocycles. The molecule has 1 N–H and O–H groups in total. The molecule has 1 saturated carbocycles. The third-order valence-electron chi connectivity index (χ3n) is 8.02. The predicted molar refractivity (Wildman–Crippen MR) is 176 cm³/mol. The zero-order valence-corrected chi connectivity index (χ0v) is 27.4. The summed E-state index contributed by atoms with van der Waals surface area (Å²) in [7, 11) is -3.55. The average molecular weight is 669 g/mol. The number of aryl methyl sites for hydroxylation is 1. The van der Waals surface area contributed by atoms with Crippen LogP contribution in [-0.4, -0.2) is 50.0 Å². The van der Waals surface area contributed by atoms with Gasteiger partial charge < -0.3 is 10.2 Å². The minimum atomic E-state index is -3.55. The molecule has 3 aromatic carbocycles. The van der Waals surface area contributed by atoms with Crippen LogP contribution in [0, 0.1) is 0 Å². The zero-order chi connectivity index (χ0) is 30.8. The maximum absolute atomic E-state index is 14.0. The first kappa shape index (κ1) is 32.7. The van der Waals surface area contributed by atoms with Crippen LogP contribution in [-0.2, 0) is 39.0 Å². The van der Waals surface area contributed by atoms with Gasteiger partial charge in [0.05, 0.1) is 11.9 Å². The second-order valence-electron chi connectivity index (χ2n) is 11.3. The Labute approximate surface area is 264 Å². The lowest BCUT2D eigenvalue weighted by atomic mass is 10.0. The summed E-state index contributed by atoms with van der Waals surface area (Å²) < 4.78 is 27.7. The smallest absolute Gasteiger partial charge is 0.243 e. The van der Waals surface area contributed by atoms with Crippen molar-refractivity contribution in [2.24, 2.45) is 0 Å². The van der Waals surface area contributed by atoms with E-state index >= 15 is 0 Å². The maximum atomic E-state index is 14.0. The lowest BCUT2D eigenvalue weighted by Crippen LogP contribution is -2.52.